The molecule has 0 unspecified atom stereocenters. The Morgan fingerprint density at radius 1 is 1.15 bits per heavy atom. The number of thiazole rings is 1. The van der Waals surface area contributed by atoms with E-state index in [2.05, 4.69) is 11.1 Å². The molecule has 102 valence electrons. The number of fused-ring (bicyclic) bond motifs is 1. The lowest BCUT2D eigenvalue weighted by Gasteiger charge is -2.10. The maximum absolute atomic E-state index is 5.88. The molecular weight excluding hydrogens is 268 g/mol. The van der Waals surface area contributed by atoms with Gasteiger partial charge in [-0.25, -0.2) is 4.98 Å². The maximum atomic E-state index is 5.88. The summed E-state index contributed by atoms with van der Waals surface area (Å²) < 4.78 is 7.07. The Kier molecular flexibility index (Phi) is 3.32. The smallest absolute Gasteiger partial charge is 0.140 e. The minimum absolute atomic E-state index is 0.490. The van der Waals surface area contributed by atoms with Crippen LogP contribution in [0.25, 0.3) is 10.2 Å². The van der Waals surface area contributed by atoms with Gasteiger partial charge >= 0.3 is 0 Å². The summed E-state index contributed by atoms with van der Waals surface area (Å²) in [7, 11) is 0. The number of para-hydroxylation sites is 1. The van der Waals surface area contributed by atoms with Gasteiger partial charge in [-0.3, -0.25) is 0 Å². The first-order valence-electron chi connectivity index (χ1n) is 6.47. The van der Waals surface area contributed by atoms with Crippen molar-refractivity contribution in [2.75, 3.05) is 5.73 Å². The third-order valence-corrected chi connectivity index (χ3v) is 4.26. The van der Waals surface area contributed by atoms with Gasteiger partial charge in [0.1, 0.15) is 17.4 Å². The highest BCUT2D eigenvalue weighted by atomic mass is 32.1. The zero-order valence-corrected chi connectivity index (χ0v) is 12.3. The van der Waals surface area contributed by atoms with E-state index in [1.54, 1.807) is 11.3 Å². The molecule has 1 heterocycles. The van der Waals surface area contributed by atoms with Crippen molar-refractivity contribution in [3.8, 4) is 5.75 Å². The van der Waals surface area contributed by atoms with Gasteiger partial charge in [-0.05, 0) is 49.2 Å². The Bertz CT molecular complexity index is 731. The molecule has 0 aliphatic rings. The molecule has 2 aromatic carbocycles. The van der Waals surface area contributed by atoms with E-state index in [9.17, 15) is 0 Å². The second-order valence-corrected chi connectivity index (χ2v) is 5.95. The molecule has 4 heteroatoms. The van der Waals surface area contributed by atoms with Gasteiger partial charge < -0.3 is 10.5 Å². The van der Waals surface area contributed by atoms with Gasteiger partial charge in [0.2, 0.25) is 0 Å². The summed E-state index contributed by atoms with van der Waals surface area (Å²) in [5, 5.41) is 0.986. The number of hydrogen-bond acceptors (Lipinski definition) is 4. The number of nitrogens with zero attached hydrogens (tertiary/aromatic N) is 1. The largest absolute Gasteiger partial charge is 0.486 e. The fourth-order valence-corrected chi connectivity index (χ4v) is 2.97. The molecular formula is C16H16N2OS. The summed E-state index contributed by atoms with van der Waals surface area (Å²) in [6.45, 7) is 4.48. The van der Waals surface area contributed by atoms with Crippen molar-refractivity contribution in [1.29, 1.82) is 0 Å². The van der Waals surface area contributed by atoms with Crippen LogP contribution in [0, 0.1) is 13.8 Å². The Morgan fingerprint density at radius 3 is 2.75 bits per heavy atom. The average Bonchev–Trinajstić information content (AvgIpc) is 2.84. The van der Waals surface area contributed by atoms with Crippen molar-refractivity contribution < 1.29 is 4.74 Å². The van der Waals surface area contributed by atoms with E-state index in [0.29, 0.717) is 6.61 Å². The fourth-order valence-electron chi connectivity index (χ4n) is 2.09. The summed E-state index contributed by atoms with van der Waals surface area (Å²) in [6.07, 6.45) is 0. The Labute approximate surface area is 122 Å². The van der Waals surface area contributed by atoms with E-state index < -0.39 is 0 Å². The summed E-state index contributed by atoms with van der Waals surface area (Å²) in [4.78, 5) is 4.57. The van der Waals surface area contributed by atoms with E-state index in [0.717, 1.165) is 33.1 Å². The van der Waals surface area contributed by atoms with Crippen molar-refractivity contribution in [1.82, 2.24) is 4.98 Å². The van der Waals surface area contributed by atoms with Crippen LogP contribution in [0.4, 0.5) is 5.69 Å². The molecule has 3 rings (SSSR count). The molecule has 0 saturated heterocycles. The number of hydrogen-bond donors (Lipinski definition) is 1. The van der Waals surface area contributed by atoms with E-state index in [-0.39, 0.29) is 0 Å². The summed E-state index contributed by atoms with van der Waals surface area (Å²) in [6, 6.07) is 12.1. The van der Waals surface area contributed by atoms with Gasteiger partial charge in [0, 0.05) is 5.69 Å². The second-order valence-electron chi connectivity index (χ2n) is 4.84. The van der Waals surface area contributed by atoms with Gasteiger partial charge in [-0.1, -0.05) is 12.1 Å². The van der Waals surface area contributed by atoms with Crippen LogP contribution in [-0.4, -0.2) is 4.98 Å². The highest BCUT2D eigenvalue weighted by Crippen LogP contribution is 2.27. The first-order valence-corrected chi connectivity index (χ1v) is 7.29. The van der Waals surface area contributed by atoms with E-state index in [1.807, 2.05) is 44.2 Å². The van der Waals surface area contributed by atoms with E-state index in [1.165, 1.54) is 4.70 Å². The predicted octanol–water partition coefficient (Wildman–Crippen LogP) is 4.07. The van der Waals surface area contributed by atoms with Gasteiger partial charge in [0.25, 0.3) is 0 Å². The van der Waals surface area contributed by atoms with Gasteiger partial charge in [-0.2, -0.15) is 0 Å². The minimum atomic E-state index is 0.490. The number of ether oxygens (including phenoxy) is 1. The molecule has 0 atom stereocenters. The van der Waals surface area contributed by atoms with Crippen molar-refractivity contribution in [2.45, 2.75) is 20.5 Å². The van der Waals surface area contributed by atoms with Crippen molar-refractivity contribution in [3.05, 3.63) is 52.5 Å². The first-order chi connectivity index (χ1) is 9.63. The molecule has 0 aliphatic heterocycles. The van der Waals surface area contributed by atoms with Crippen molar-refractivity contribution in [2.24, 2.45) is 0 Å². The summed E-state index contributed by atoms with van der Waals surface area (Å²) in [5.41, 5.74) is 9.80. The summed E-state index contributed by atoms with van der Waals surface area (Å²) >= 11 is 1.67. The molecule has 0 saturated carbocycles. The lowest BCUT2D eigenvalue weighted by Crippen LogP contribution is -1.99. The molecule has 0 aliphatic carbocycles. The molecule has 0 fully saturated rings. The number of benzene rings is 2. The molecule has 3 aromatic rings. The Balaban J connectivity index is 1.81. The lowest BCUT2D eigenvalue weighted by molar-refractivity contribution is 0.303. The molecule has 1 aromatic heterocycles. The molecule has 0 amide bonds. The first kappa shape index (κ1) is 12.9. The lowest BCUT2D eigenvalue weighted by atomic mass is 10.1. The minimum Gasteiger partial charge on any atom is -0.486 e. The van der Waals surface area contributed by atoms with E-state index in [4.69, 9.17) is 10.5 Å². The van der Waals surface area contributed by atoms with Gasteiger partial charge in [0.15, 0.2) is 0 Å². The van der Waals surface area contributed by atoms with Crippen molar-refractivity contribution in [3.63, 3.8) is 0 Å². The van der Waals surface area contributed by atoms with Crippen LogP contribution in [0.1, 0.15) is 16.1 Å². The average molecular weight is 284 g/mol. The van der Waals surface area contributed by atoms with E-state index >= 15 is 0 Å². The Hall–Kier alpha value is -2.07. The molecule has 0 bridgehead atoms. The number of anilines is 1. The Morgan fingerprint density at radius 2 is 1.95 bits per heavy atom. The maximum Gasteiger partial charge on any atom is 0.140 e. The predicted molar refractivity (Wildman–Crippen MR) is 84.3 cm³/mol. The zero-order chi connectivity index (χ0) is 14.1. The van der Waals surface area contributed by atoms with Crippen LogP contribution in [-0.2, 0) is 6.61 Å². The molecule has 0 spiro atoms. The zero-order valence-electron chi connectivity index (χ0n) is 11.5. The van der Waals surface area contributed by atoms with Crippen LogP contribution in [0.2, 0.25) is 0 Å². The highest BCUT2D eigenvalue weighted by molar-refractivity contribution is 7.18. The number of aryl methyl sites for hydroxylation is 2. The van der Waals surface area contributed by atoms with Crippen LogP contribution in [0.15, 0.2) is 36.4 Å². The second kappa shape index (κ2) is 5.13. The fraction of sp³-hybridized carbons (Fsp3) is 0.188. The third-order valence-electron chi connectivity index (χ3n) is 3.25. The molecule has 3 nitrogen and oxygen atoms in total. The van der Waals surface area contributed by atoms with Crippen molar-refractivity contribution >= 4 is 27.2 Å². The number of nitrogen functional groups attached to an aromatic ring is 1. The normalized spacial score (nSPS) is 10.9. The highest BCUT2D eigenvalue weighted by Gasteiger charge is 2.07. The van der Waals surface area contributed by atoms with Gasteiger partial charge in [0.05, 0.1) is 10.2 Å². The monoisotopic (exact) mass is 284 g/mol. The molecule has 0 radical (unpaired) electrons. The SMILES string of the molecule is Cc1cc(OCc2nc3ccccc3s2)c(C)cc1N. The van der Waals surface area contributed by atoms with Gasteiger partial charge in [-0.15, -0.1) is 11.3 Å². The number of rotatable bonds is 3. The number of nitrogens with two attached hydrogens (primary N) is 1. The molecule has 20 heavy (non-hydrogen) atoms. The standard InChI is InChI=1S/C16H16N2OS/c1-10-8-14(11(2)7-12(10)17)19-9-16-18-13-5-3-4-6-15(13)20-16/h3-8H,9,17H2,1-2H3. The third kappa shape index (κ3) is 2.47. The summed E-state index contributed by atoms with van der Waals surface area (Å²) in [5.74, 6) is 0.871. The quantitative estimate of drug-likeness (QED) is 0.737. The number of aromatic nitrogens is 1. The molecule has 2 N–H and O–H groups in total. The van der Waals surface area contributed by atoms with Crippen LogP contribution < -0.4 is 10.5 Å². The van der Waals surface area contributed by atoms with Crippen LogP contribution in [0.3, 0.4) is 0 Å². The topological polar surface area (TPSA) is 48.1 Å². The van der Waals surface area contributed by atoms with Crippen LogP contribution >= 0.6 is 11.3 Å². The van der Waals surface area contributed by atoms with Crippen LogP contribution in [0.5, 0.6) is 5.75 Å².